The SMILES string of the molecule is CCCCCCCCCCCC1C(C(=O)OCC)=C(O)C(=O)C1[N+](=O)[O-]. The van der Waals surface area contributed by atoms with Crippen LogP contribution in [0.15, 0.2) is 11.3 Å². The maximum Gasteiger partial charge on any atom is 0.338 e. The van der Waals surface area contributed by atoms with Crippen LogP contribution in [-0.4, -0.2) is 34.4 Å². The molecule has 26 heavy (non-hydrogen) atoms. The quantitative estimate of drug-likeness (QED) is 0.226. The van der Waals surface area contributed by atoms with Crippen molar-refractivity contribution in [2.45, 2.75) is 84.1 Å². The van der Waals surface area contributed by atoms with Crippen molar-refractivity contribution >= 4 is 11.8 Å². The molecule has 7 nitrogen and oxygen atoms in total. The molecular weight excluding hydrogens is 338 g/mol. The molecule has 7 heteroatoms. The molecular formula is C19H31NO6. The van der Waals surface area contributed by atoms with E-state index in [1.807, 2.05) is 0 Å². The summed E-state index contributed by atoms with van der Waals surface area (Å²) < 4.78 is 4.86. The third kappa shape index (κ3) is 6.11. The summed E-state index contributed by atoms with van der Waals surface area (Å²) >= 11 is 0. The monoisotopic (exact) mass is 369 g/mol. The van der Waals surface area contributed by atoms with Gasteiger partial charge in [-0.15, -0.1) is 0 Å². The molecule has 1 N–H and O–H groups in total. The molecule has 0 saturated heterocycles. The van der Waals surface area contributed by atoms with Crippen molar-refractivity contribution in [3.05, 3.63) is 21.4 Å². The highest BCUT2D eigenvalue weighted by molar-refractivity contribution is 6.08. The molecule has 0 aromatic heterocycles. The fourth-order valence-corrected chi connectivity index (χ4v) is 3.47. The third-order valence-electron chi connectivity index (χ3n) is 4.85. The number of aliphatic hydroxyl groups excluding tert-OH is 1. The van der Waals surface area contributed by atoms with Crippen LogP contribution in [0.5, 0.6) is 0 Å². The minimum Gasteiger partial charge on any atom is -0.504 e. The van der Waals surface area contributed by atoms with Gasteiger partial charge < -0.3 is 9.84 Å². The first-order chi connectivity index (χ1) is 12.5. The summed E-state index contributed by atoms with van der Waals surface area (Å²) in [7, 11) is 0. The number of ether oxygens (including phenoxy) is 1. The minimum atomic E-state index is -1.58. The Morgan fingerprint density at radius 1 is 1.08 bits per heavy atom. The molecule has 0 aliphatic heterocycles. The average Bonchev–Trinajstić information content (AvgIpc) is 2.84. The number of hydrogen-bond acceptors (Lipinski definition) is 6. The normalized spacial score (nSPS) is 19.8. The van der Waals surface area contributed by atoms with E-state index in [9.17, 15) is 24.8 Å². The predicted octanol–water partition coefficient (Wildman–Crippen LogP) is 4.13. The smallest absolute Gasteiger partial charge is 0.338 e. The van der Waals surface area contributed by atoms with Gasteiger partial charge in [0.1, 0.15) is 0 Å². The van der Waals surface area contributed by atoms with E-state index in [4.69, 9.17) is 4.74 Å². The first-order valence-corrected chi connectivity index (χ1v) is 9.73. The Kier molecular flexibility index (Phi) is 9.91. The van der Waals surface area contributed by atoms with Crippen LogP contribution in [-0.2, 0) is 14.3 Å². The van der Waals surface area contributed by atoms with Crippen molar-refractivity contribution in [2.24, 2.45) is 5.92 Å². The lowest BCUT2D eigenvalue weighted by molar-refractivity contribution is -0.513. The summed E-state index contributed by atoms with van der Waals surface area (Å²) in [6.07, 6.45) is 10.2. The summed E-state index contributed by atoms with van der Waals surface area (Å²) in [6, 6.07) is -1.58. The van der Waals surface area contributed by atoms with Crippen LogP contribution >= 0.6 is 0 Å². The largest absolute Gasteiger partial charge is 0.504 e. The van der Waals surface area contributed by atoms with Crippen molar-refractivity contribution in [2.75, 3.05) is 6.61 Å². The van der Waals surface area contributed by atoms with Gasteiger partial charge in [0, 0.05) is 4.92 Å². The van der Waals surface area contributed by atoms with Crippen LogP contribution in [0.2, 0.25) is 0 Å². The van der Waals surface area contributed by atoms with E-state index < -0.39 is 34.4 Å². The summed E-state index contributed by atoms with van der Waals surface area (Å²) in [4.78, 5) is 34.5. The van der Waals surface area contributed by atoms with Crippen LogP contribution in [0, 0.1) is 16.0 Å². The molecule has 2 unspecified atom stereocenters. The van der Waals surface area contributed by atoms with Crippen LogP contribution in [0.1, 0.15) is 78.1 Å². The first kappa shape index (κ1) is 22.1. The number of carbonyl (C=O) groups excluding carboxylic acids is 2. The van der Waals surface area contributed by atoms with Gasteiger partial charge in [-0.1, -0.05) is 64.7 Å². The van der Waals surface area contributed by atoms with E-state index in [1.165, 1.54) is 32.1 Å². The predicted molar refractivity (Wildman–Crippen MR) is 97.4 cm³/mol. The molecule has 0 fully saturated rings. The molecule has 0 radical (unpaired) electrons. The van der Waals surface area contributed by atoms with Gasteiger partial charge in [-0.25, -0.2) is 4.79 Å². The number of carbonyl (C=O) groups is 2. The fraction of sp³-hybridized carbons (Fsp3) is 0.789. The molecule has 0 amide bonds. The highest BCUT2D eigenvalue weighted by Gasteiger charge is 2.52. The van der Waals surface area contributed by atoms with Crippen molar-refractivity contribution < 1.29 is 24.4 Å². The van der Waals surface area contributed by atoms with Crippen molar-refractivity contribution in [3.63, 3.8) is 0 Å². The molecule has 0 aromatic carbocycles. The number of rotatable bonds is 13. The molecule has 1 aliphatic rings. The molecule has 0 heterocycles. The highest BCUT2D eigenvalue weighted by atomic mass is 16.6. The van der Waals surface area contributed by atoms with Crippen molar-refractivity contribution in [1.82, 2.24) is 0 Å². The Morgan fingerprint density at radius 2 is 1.62 bits per heavy atom. The Bertz CT molecular complexity index is 528. The number of aliphatic hydroxyl groups is 1. The van der Waals surface area contributed by atoms with Gasteiger partial charge >= 0.3 is 5.97 Å². The summed E-state index contributed by atoms with van der Waals surface area (Å²) in [5.74, 6) is -3.52. The molecule has 148 valence electrons. The topological polar surface area (TPSA) is 107 Å². The Balaban J connectivity index is 2.53. The van der Waals surface area contributed by atoms with Gasteiger partial charge in [0.15, 0.2) is 5.76 Å². The number of unbranched alkanes of at least 4 members (excludes halogenated alkanes) is 8. The van der Waals surface area contributed by atoms with Crippen LogP contribution in [0.4, 0.5) is 0 Å². The molecule has 0 aromatic rings. The standard InChI is InChI=1S/C19H31NO6/c1-3-5-6-7-8-9-10-11-12-13-14-15(19(23)26-4-2)17(21)18(22)16(14)20(24)25/h14,16,21H,3-13H2,1-2H3. The molecule has 0 spiro atoms. The first-order valence-electron chi connectivity index (χ1n) is 9.73. The van der Waals surface area contributed by atoms with E-state index in [-0.39, 0.29) is 12.2 Å². The lowest BCUT2D eigenvalue weighted by atomic mass is 9.90. The molecule has 1 aliphatic carbocycles. The van der Waals surface area contributed by atoms with Gasteiger partial charge in [0.25, 0.3) is 11.8 Å². The number of ketones is 1. The molecule has 0 saturated carbocycles. The Labute approximate surface area is 154 Å². The van der Waals surface area contributed by atoms with E-state index in [0.717, 1.165) is 19.3 Å². The van der Waals surface area contributed by atoms with Gasteiger partial charge in [-0.2, -0.15) is 0 Å². The zero-order chi connectivity index (χ0) is 19.5. The van der Waals surface area contributed by atoms with E-state index in [2.05, 4.69) is 6.92 Å². The average molecular weight is 369 g/mol. The second kappa shape index (κ2) is 11.6. The molecule has 1 rings (SSSR count). The summed E-state index contributed by atoms with van der Waals surface area (Å²) in [5.41, 5.74) is -0.224. The highest BCUT2D eigenvalue weighted by Crippen LogP contribution is 2.35. The summed E-state index contributed by atoms with van der Waals surface area (Å²) in [6.45, 7) is 3.87. The van der Waals surface area contributed by atoms with Gasteiger partial charge in [0.05, 0.1) is 18.1 Å². The molecule has 2 atom stereocenters. The second-order valence-corrected chi connectivity index (χ2v) is 6.80. The zero-order valence-electron chi connectivity index (χ0n) is 15.9. The summed E-state index contributed by atoms with van der Waals surface area (Å²) in [5, 5.41) is 21.2. The van der Waals surface area contributed by atoms with Gasteiger partial charge in [-0.3, -0.25) is 14.9 Å². The number of Topliss-reactive ketones (excluding diaryl/α,β-unsaturated/α-hetero) is 1. The van der Waals surface area contributed by atoms with Crippen molar-refractivity contribution in [3.8, 4) is 0 Å². The van der Waals surface area contributed by atoms with E-state index in [1.54, 1.807) is 6.92 Å². The fourth-order valence-electron chi connectivity index (χ4n) is 3.47. The van der Waals surface area contributed by atoms with E-state index in [0.29, 0.717) is 12.8 Å². The van der Waals surface area contributed by atoms with Crippen molar-refractivity contribution in [1.29, 1.82) is 0 Å². The minimum absolute atomic E-state index is 0.0810. The number of nitro groups is 1. The maximum atomic E-state index is 12.0. The molecule has 0 bridgehead atoms. The maximum absolute atomic E-state index is 12.0. The third-order valence-corrected chi connectivity index (χ3v) is 4.85. The second-order valence-electron chi connectivity index (χ2n) is 6.80. The number of esters is 1. The lowest BCUT2D eigenvalue weighted by Crippen LogP contribution is -2.34. The van der Waals surface area contributed by atoms with Crippen LogP contribution in [0.3, 0.4) is 0 Å². The Morgan fingerprint density at radius 3 is 2.12 bits per heavy atom. The van der Waals surface area contributed by atoms with E-state index >= 15 is 0 Å². The van der Waals surface area contributed by atoms with Gasteiger partial charge in [0.2, 0.25) is 0 Å². The zero-order valence-corrected chi connectivity index (χ0v) is 15.9. The lowest BCUT2D eigenvalue weighted by Gasteiger charge is -2.15. The number of nitrogens with zero attached hydrogens (tertiary/aromatic N) is 1. The van der Waals surface area contributed by atoms with Crippen LogP contribution in [0.25, 0.3) is 0 Å². The van der Waals surface area contributed by atoms with Gasteiger partial charge in [-0.05, 0) is 13.3 Å². The number of hydrogen-bond donors (Lipinski definition) is 1. The Hall–Kier alpha value is -1.92. The van der Waals surface area contributed by atoms with Crippen LogP contribution < -0.4 is 0 Å².